The maximum atomic E-state index is 12.3. The Morgan fingerprint density at radius 2 is 2.26 bits per heavy atom. The van der Waals surface area contributed by atoms with Crippen LogP contribution in [0.5, 0.6) is 11.5 Å². The fraction of sp³-hybridized carbons (Fsp3) is 0.200. The fourth-order valence-corrected chi connectivity index (χ4v) is 3.36. The second-order valence-corrected chi connectivity index (χ2v) is 6.27. The SMILES string of the molecule is O=C(NCc1cn2ccsc2n1)c1cc(Cl)c2c(c1)OCCO2. The van der Waals surface area contributed by atoms with Crippen molar-refractivity contribution < 1.29 is 14.3 Å². The first kappa shape index (κ1) is 14.3. The highest BCUT2D eigenvalue weighted by Crippen LogP contribution is 2.38. The first-order valence-electron chi connectivity index (χ1n) is 6.99. The summed E-state index contributed by atoms with van der Waals surface area (Å²) in [7, 11) is 0. The molecule has 8 heteroatoms. The van der Waals surface area contributed by atoms with Crippen molar-refractivity contribution in [2.45, 2.75) is 6.54 Å². The Balaban J connectivity index is 1.50. The van der Waals surface area contributed by atoms with Gasteiger partial charge in [-0.2, -0.15) is 0 Å². The molecule has 1 aliphatic heterocycles. The number of carbonyl (C=O) groups excluding carboxylic acids is 1. The van der Waals surface area contributed by atoms with Gasteiger partial charge in [-0.3, -0.25) is 9.20 Å². The Morgan fingerprint density at radius 3 is 3.13 bits per heavy atom. The number of amides is 1. The van der Waals surface area contributed by atoms with E-state index in [9.17, 15) is 4.79 Å². The number of nitrogens with zero attached hydrogens (tertiary/aromatic N) is 2. The summed E-state index contributed by atoms with van der Waals surface area (Å²) in [6.45, 7) is 1.24. The van der Waals surface area contributed by atoms with Crippen LogP contribution >= 0.6 is 22.9 Å². The van der Waals surface area contributed by atoms with Crippen molar-refractivity contribution in [1.82, 2.24) is 14.7 Å². The zero-order valence-electron chi connectivity index (χ0n) is 11.9. The summed E-state index contributed by atoms with van der Waals surface area (Å²) in [4.78, 5) is 17.6. The molecule has 1 amide bonds. The summed E-state index contributed by atoms with van der Waals surface area (Å²) in [5, 5.41) is 5.17. The molecule has 0 radical (unpaired) electrons. The van der Waals surface area contributed by atoms with Gasteiger partial charge in [-0.05, 0) is 12.1 Å². The number of fused-ring (bicyclic) bond motifs is 2. The van der Waals surface area contributed by atoms with Crippen LogP contribution in [0.3, 0.4) is 0 Å². The second kappa shape index (κ2) is 5.75. The number of carbonyl (C=O) groups is 1. The molecule has 1 N–H and O–H groups in total. The largest absolute Gasteiger partial charge is 0.486 e. The predicted octanol–water partition coefficient (Wildman–Crippen LogP) is 2.75. The van der Waals surface area contributed by atoms with Crippen molar-refractivity contribution in [3.05, 3.63) is 46.2 Å². The number of imidazole rings is 1. The molecule has 2 aromatic heterocycles. The summed E-state index contributed by atoms with van der Waals surface area (Å²) < 4.78 is 12.9. The molecule has 23 heavy (non-hydrogen) atoms. The van der Waals surface area contributed by atoms with Crippen LogP contribution in [0.2, 0.25) is 5.02 Å². The molecule has 3 aromatic rings. The van der Waals surface area contributed by atoms with Gasteiger partial charge < -0.3 is 14.8 Å². The summed E-state index contributed by atoms with van der Waals surface area (Å²) in [5.41, 5.74) is 1.23. The number of thiazole rings is 1. The quantitative estimate of drug-likeness (QED) is 0.789. The van der Waals surface area contributed by atoms with Crippen LogP contribution in [0.15, 0.2) is 29.9 Å². The van der Waals surface area contributed by atoms with Crippen LogP contribution in [-0.4, -0.2) is 28.5 Å². The van der Waals surface area contributed by atoms with Gasteiger partial charge in [-0.15, -0.1) is 11.3 Å². The number of hydrogen-bond donors (Lipinski definition) is 1. The maximum absolute atomic E-state index is 12.3. The minimum atomic E-state index is -0.236. The smallest absolute Gasteiger partial charge is 0.251 e. The monoisotopic (exact) mass is 349 g/mol. The lowest BCUT2D eigenvalue weighted by Crippen LogP contribution is -2.23. The lowest BCUT2D eigenvalue weighted by atomic mass is 10.1. The van der Waals surface area contributed by atoms with Gasteiger partial charge in [0.15, 0.2) is 16.5 Å². The Labute approximate surface area is 140 Å². The van der Waals surface area contributed by atoms with Gasteiger partial charge in [0, 0.05) is 23.3 Å². The third-order valence-electron chi connectivity index (χ3n) is 3.43. The Hall–Kier alpha value is -2.25. The number of aromatic nitrogens is 2. The molecule has 1 aliphatic rings. The third kappa shape index (κ3) is 2.73. The van der Waals surface area contributed by atoms with Crippen molar-refractivity contribution in [1.29, 1.82) is 0 Å². The van der Waals surface area contributed by atoms with Gasteiger partial charge in [0.05, 0.1) is 17.3 Å². The maximum Gasteiger partial charge on any atom is 0.251 e. The van der Waals surface area contributed by atoms with E-state index in [1.54, 1.807) is 23.5 Å². The van der Waals surface area contributed by atoms with Crippen molar-refractivity contribution >= 4 is 33.8 Å². The van der Waals surface area contributed by atoms with Crippen molar-refractivity contribution in [2.75, 3.05) is 13.2 Å². The van der Waals surface area contributed by atoms with Gasteiger partial charge >= 0.3 is 0 Å². The van der Waals surface area contributed by atoms with E-state index in [0.717, 1.165) is 10.7 Å². The number of rotatable bonds is 3. The molecule has 0 saturated carbocycles. The lowest BCUT2D eigenvalue weighted by Gasteiger charge is -2.20. The van der Waals surface area contributed by atoms with E-state index in [-0.39, 0.29) is 5.91 Å². The Kier molecular flexibility index (Phi) is 3.59. The van der Waals surface area contributed by atoms with Crippen molar-refractivity contribution in [3.63, 3.8) is 0 Å². The minimum absolute atomic E-state index is 0.236. The van der Waals surface area contributed by atoms with E-state index in [2.05, 4.69) is 10.3 Å². The molecule has 0 spiro atoms. The first-order valence-corrected chi connectivity index (χ1v) is 8.25. The summed E-state index contributed by atoms with van der Waals surface area (Å²) in [6.07, 6.45) is 3.82. The van der Waals surface area contributed by atoms with Crippen LogP contribution in [0, 0.1) is 0 Å². The van der Waals surface area contributed by atoms with Crippen molar-refractivity contribution in [3.8, 4) is 11.5 Å². The summed E-state index contributed by atoms with van der Waals surface area (Å²) >= 11 is 7.70. The molecule has 0 unspecified atom stereocenters. The highest BCUT2D eigenvalue weighted by molar-refractivity contribution is 7.15. The average molecular weight is 350 g/mol. The molecule has 0 bridgehead atoms. The molecular formula is C15H12ClN3O3S. The van der Waals surface area contributed by atoms with Crippen LogP contribution in [0.4, 0.5) is 0 Å². The first-order chi connectivity index (χ1) is 11.2. The van der Waals surface area contributed by atoms with Crippen LogP contribution in [0.25, 0.3) is 4.96 Å². The molecule has 0 aliphatic carbocycles. The van der Waals surface area contributed by atoms with Crippen LogP contribution in [0.1, 0.15) is 16.1 Å². The summed E-state index contributed by atoms with van der Waals surface area (Å²) in [5.74, 6) is 0.750. The van der Waals surface area contributed by atoms with Gasteiger partial charge in [0.25, 0.3) is 5.91 Å². The number of halogens is 1. The molecule has 6 nitrogen and oxygen atoms in total. The van der Waals surface area contributed by atoms with E-state index in [1.807, 2.05) is 22.2 Å². The number of ether oxygens (including phenoxy) is 2. The molecule has 0 fully saturated rings. The number of benzene rings is 1. The standard InChI is InChI=1S/C15H12ClN3O3S/c16-11-5-9(6-12-13(11)22-3-2-21-12)14(20)17-7-10-8-19-1-4-23-15(19)18-10/h1,4-6,8H,2-3,7H2,(H,17,20). The highest BCUT2D eigenvalue weighted by Gasteiger charge is 2.19. The molecule has 0 saturated heterocycles. The van der Waals surface area contributed by atoms with E-state index in [4.69, 9.17) is 21.1 Å². The van der Waals surface area contributed by atoms with Gasteiger partial charge in [-0.25, -0.2) is 4.98 Å². The topological polar surface area (TPSA) is 64.9 Å². The van der Waals surface area contributed by atoms with Crippen molar-refractivity contribution in [2.24, 2.45) is 0 Å². The fourth-order valence-electron chi connectivity index (χ4n) is 2.38. The normalized spacial score (nSPS) is 13.3. The molecular weight excluding hydrogens is 338 g/mol. The lowest BCUT2D eigenvalue weighted by molar-refractivity contribution is 0.0949. The Bertz CT molecular complexity index is 861. The molecule has 1 aromatic carbocycles. The van der Waals surface area contributed by atoms with Crippen LogP contribution in [-0.2, 0) is 6.54 Å². The average Bonchev–Trinajstić information content (AvgIpc) is 3.14. The molecule has 3 heterocycles. The van der Waals surface area contributed by atoms with E-state index in [1.165, 1.54) is 0 Å². The summed E-state index contributed by atoms with van der Waals surface area (Å²) in [6, 6.07) is 3.22. The van der Waals surface area contributed by atoms with Crippen LogP contribution < -0.4 is 14.8 Å². The highest BCUT2D eigenvalue weighted by atomic mass is 35.5. The Morgan fingerprint density at radius 1 is 1.39 bits per heavy atom. The molecule has 4 rings (SSSR count). The zero-order chi connectivity index (χ0) is 15.8. The number of hydrogen-bond acceptors (Lipinski definition) is 5. The van der Waals surface area contributed by atoms with Gasteiger partial charge in [0.1, 0.15) is 13.2 Å². The minimum Gasteiger partial charge on any atom is -0.486 e. The number of nitrogens with one attached hydrogen (secondary N) is 1. The zero-order valence-corrected chi connectivity index (χ0v) is 13.5. The molecule has 118 valence electrons. The van der Waals surface area contributed by atoms with E-state index >= 15 is 0 Å². The molecule has 0 atom stereocenters. The van der Waals surface area contributed by atoms with Gasteiger partial charge in [0.2, 0.25) is 0 Å². The van der Waals surface area contributed by atoms with Gasteiger partial charge in [-0.1, -0.05) is 11.6 Å². The van der Waals surface area contributed by atoms with E-state index < -0.39 is 0 Å². The second-order valence-electron chi connectivity index (χ2n) is 4.99. The third-order valence-corrected chi connectivity index (χ3v) is 4.48. The van der Waals surface area contributed by atoms with E-state index in [0.29, 0.717) is 41.8 Å². The predicted molar refractivity (Wildman–Crippen MR) is 86.7 cm³/mol.